The lowest BCUT2D eigenvalue weighted by Crippen LogP contribution is -2.58. The number of aryl methyl sites for hydroxylation is 1. The molecule has 1 amide bonds. The fraction of sp³-hybridized carbons (Fsp3) is 0.632. The van der Waals surface area contributed by atoms with E-state index in [0.717, 1.165) is 44.1 Å². The number of carbonyl (C=O) groups excluding carboxylic acids is 1. The lowest BCUT2D eigenvalue weighted by molar-refractivity contribution is -0.116. The second-order valence-electron chi connectivity index (χ2n) is 7.68. The molecule has 1 aliphatic carbocycles. The summed E-state index contributed by atoms with van der Waals surface area (Å²) in [5.41, 5.74) is 7.15. The van der Waals surface area contributed by atoms with Gasteiger partial charge in [0.1, 0.15) is 0 Å². The van der Waals surface area contributed by atoms with Gasteiger partial charge in [-0.3, -0.25) is 4.79 Å². The second kappa shape index (κ2) is 8.47. The number of hydrogen-bond donors (Lipinski definition) is 2. The van der Waals surface area contributed by atoms with Gasteiger partial charge in [-0.25, -0.2) is 13.1 Å². The summed E-state index contributed by atoms with van der Waals surface area (Å²) in [5, 5.41) is 0. The Hall–Kier alpha value is -1.15. The highest BCUT2D eigenvalue weighted by Crippen LogP contribution is 2.35. The van der Waals surface area contributed by atoms with E-state index in [0.29, 0.717) is 12.2 Å². The van der Waals surface area contributed by atoms with Crippen molar-refractivity contribution >= 4 is 34.0 Å². The molecule has 0 saturated heterocycles. The van der Waals surface area contributed by atoms with Crippen LogP contribution in [0.5, 0.6) is 0 Å². The quantitative estimate of drug-likeness (QED) is 0.790. The van der Waals surface area contributed by atoms with Gasteiger partial charge < -0.3 is 10.6 Å². The van der Waals surface area contributed by atoms with Gasteiger partial charge >= 0.3 is 0 Å². The maximum absolute atomic E-state index is 13.1. The van der Waals surface area contributed by atoms with E-state index in [9.17, 15) is 13.2 Å². The molecule has 3 rings (SSSR count). The zero-order chi connectivity index (χ0) is 18.9. The summed E-state index contributed by atoms with van der Waals surface area (Å²) >= 11 is 0. The van der Waals surface area contributed by atoms with E-state index in [1.54, 1.807) is 17.0 Å². The molecule has 8 heteroatoms. The Morgan fingerprint density at radius 1 is 1.33 bits per heavy atom. The van der Waals surface area contributed by atoms with Crippen LogP contribution in [0.1, 0.15) is 51.5 Å². The van der Waals surface area contributed by atoms with Crippen molar-refractivity contribution in [3.63, 3.8) is 0 Å². The molecule has 2 atom stereocenters. The average molecular weight is 416 g/mol. The van der Waals surface area contributed by atoms with Gasteiger partial charge in [-0.2, -0.15) is 0 Å². The van der Waals surface area contributed by atoms with Gasteiger partial charge in [0.15, 0.2) is 0 Å². The number of amides is 1. The Morgan fingerprint density at radius 2 is 2.07 bits per heavy atom. The van der Waals surface area contributed by atoms with Gasteiger partial charge in [0.25, 0.3) is 0 Å². The summed E-state index contributed by atoms with van der Waals surface area (Å²) in [5.74, 6) is 0.134. The van der Waals surface area contributed by atoms with E-state index in [1.165, 1.54) is 6.92 Å². The second-order valence-corrected chi connectivity index (χ2v) is 9.36. The Bertz CT molecular complexity index is 799. The number of sulfonamides is 1. The fourth-order valence-corrected chi connectivity index (χ4v) is 5.84. The van der Waals surface area contributed by atoms with Crippen LogP contribution in [-0.2, 0) is 21.2 Å². The molecular weight excluding hydrogens is 386 g/mol. The molecule has 152 valence electrons. The van der Waals surface area contributed by atoms with Crippen molar-refractivity contribution in [2.45, 2.75) is 62.8 Å². The number of fused-ring (bicyclic) bond motifs is 1. The van der Waals surface area contributed by atoms with Gasteiger partial charge in [-0.05, 0) is 49.3 Å². The minimum atomic E-state index is -3.71. The van der Waals surface area contributed by atoms with Crippen molar-refractivity contribution in [2.75, 3.05) is 18.0 Å². The molecule has 1 aliphatic heterocycles. The predicted molar refractivity (Wildman–Crippen MR) is 110 cm³/mol. The minimum Gasteiger partial charge on any atom is -0.329 e. The van der Waals surface area contributed by atoms with Crippen molar-refractivity contribution in [1.29, 1.82) is 0 Å². The molecule has 27 heavy (non-hydrogen) atoms. The van der Waals surface area contributed by atoms with Crippen molar-refractivity contribution in [1.82, 2.24) is 4.72 Å². The van der Waals surface area contributed by atoms with Crippen LogP contribution in [-0.4, -0.2) is 33.0 Å². The summed E-state index contributed by atoms with van der Waals surface area (Å²) in [6.07, 6.45) is 5.57. The first-order chi connectivity index (χ1) is 12.3. The number of benzene rings is 1. The maximum atomic E-state index is 13.1. The number of carbonyl (C=O) groups is 1. The molecule has 6 nitrogen and oxygen atoms in total. The third kappa shape index (κ3) is 4.31. The summed E-state index contributed by atoms with van der Waals surface area (Å²) < 4.78 is 29.1. The van der Waals surface area contributed by atoms with E-state index in [4.69, 9.17) is 5.73 Å². The molecule has 0 bridgehead atoms. The lowest BCUT2D eigenvalue weighted by Gasteiger charge is -2.42. The summed E-state index contributed by atoms with van der Waals surface area (Å²) in [6.45, 7) is 4.50. The van der Waals surface area contributed by atoms with Gasteiger partial charge in [0, 0.05) is 31.2 Å². The van der Waals surface area contributed by atoms with Crippen LogP contribution in [0.15, 0.2) is 23.1 Å². The van der Waals surface area contributed by atoms with E-state index in [2.05, 4.69) is 11.6 Å². The monoisotopic (exact) mass is 415 g/mol. The molecule has 2 unspecified atom stereocenters. The summed E-state index contributed by atoms with van der Waals surface area (Å²) in [4.78, 5) is 13.8. The van der Waals surface area contributed by atoms with Crippen LogP contribution >= 0.6 is 12.4 Å². The first-order valence-electron chi connectivity index (χ1n) is 9.44. The van der Waals surface area contributed by atoms with Crippen molar-refractivity contribution in [3.8, 4) is 0 Å². The Balaban J connectivity index is 0.00000261. The number of nitrogens with two attached hydrogens (primary N) is 1. The predicted octanol–water partition coefficient (Wildman–Crippen LogP) is 2.59. The fourth-order valence-electron chi connectivity index (χ4n) is 4.29. The standard InChI is InChI=1S/C19H29N3O3S.ClH/c1-14-6-3-4-10-19(14,13-20)21-26(24,25)17-9-8-16-7-5-11-22(15(2)23)18(16)12-17;/h8-9,12,14,21H,3-7,10-11,13,20H2,1-2H3;1H. The zero-order valence-electron chi connectivity index (χ0n) is 16.0. The van der Waals surface area contributed by atoms with Gasteiger partial charge in [-0.1, -0.05) is 25.8 Å². The van der Waals surface area contributed by atoms with E-state index < -0.39 is 15.6 Å². The Kier molecular flexibility index (Phi) is 6.95. The normalized spacial score (nSPS) is 25.4. The minimum absolute atomic E-state index is 0. The van der Waals surface area contributed by atoms with Crippen LogP contribution in [0, 0.1) is 5.92 Å². The zero-order valence-corrected chi connectivity index (χ0v) is 17.7. The van der Waals surface area contributed by atoms with Gasteiger partial charge in [-0.15, -0.1) is 12.4 Å². The topological polar surface area (TPSA) is 92.5 Å². The molecule has 0 spiro atoms. The largest absolute Gasteiger partial charge is 0.329 e. The number of nitrogens with one attached hydrogen (secondary N) is 1. The smallest absolute Gasteiger partial charge is 0.241 e. The molecule has 0 radical (unpaired) electrons. The summed E-state index contributed by atoms with van der Waals surface area (Å²) in [7, 11) is -3.71. The molecule has 2 aliphatic rings. The molecular formula is C19H30ClN3O3S. The molecule has 1 heterocycles. The maximum Gasteiger partial charge on any atom is 0.241 e. The van der Waals surface area contributed by atoms with E-state index in [1.807, 2.05) is 6.07 Å². The van der Waals surface area contributed by atoms with Crippen LogP contribution in [0.4, 0.5) is 5.69 Å². The number of anilines is 1. The van der Waals surface area contributed by atoms with E-state index >= 15 is 0 Å². The first-order valence-corrected chi connectivity index (χ1v) is 10.9. The highest BCUT2D eigenvalue weighted by molar-refractivity contribution is 7.89. The Morgan fingerprint density at radius 3 is 2.70 bits per heavy atom. The van der Waals surface area contributed by atoms with Crippen LogP contribution in [0.25, 0.3) is 0 Å². The average Bonchev–Trinajstić information content (AvgIpc) is 2.62. The Labute approximate surface area is 168 Å². The lowest BCUT2D eigenvalue weighted by atomic mass is 9.74. The number of rotatable bonds is 4. The van der Waals surface area contributed by atoms with Crippen molar-refractivity contribution in [3.05, 3.63) is 23.8 Å². The highest BCUT2D eigenvalue weighted by Gasteiger charge is 2.40. The first kappa shape index (κ1) is 22.1. The third-order valence-electron chi connectivity index (χ3n) is 6.02. The third-order valence-corrected chi connectivity index (χ3v) is 7.57. The van der Waals surface area contributed by atoms with Crippen LogP contribution in [0.2, 0.25) is 0 Å². The van der Waals surface area contributed by atoms with Crippen LogP contribution in [0.3, 0.4) is 0 Å². The van der Waals surface area contributed by atoms with Crippen LogP contribution < -0.4 is 15.4 Å². The van der Waals surface area contributed by atoms with Crippen molar-refractivity contribution < 1.29 is 13.2 Å². The van der Waals surface area contributed by atoms with E-state index in [-0.39, 0.29) is 35.7 Å². The summed E-state index contributed by atoms with van der Waals surface area (Å²) in [6, 6.07) is 5.11. The van der Waals surface area contributed by atoms with Gasteiger partial charge in [0.2, 0.25) is 15.9 Å². The number of nitrogens with zero attached hydrogens (tertiary/aromatic N) is 1. The SMILES string of the molecule is CC(=O)N1CCCc2ccc(S(=O)(=O)NC3(CN)CCCCC3C)cc21.Cl. The molecule has 1 aromatic carbocycles. The highest BCUT2D eigenvalue weighted by atomic mass is 35.5. The molecule has 3 N–H and O–H groups in total. The molecule has 0 aromatic heterocycles. The molecule has 1 saturated carbocycles. The number of halogens is 1. The number of hydrogen-bond acceptors (Lipinski definition) is 4. The van der Waals surface area contributed by atoms with Crippen molar-refractivity contribution in [2.24, 2.45) is 11.7 Å². The molecule has 1 fully saturated rings. The van der Waals surface area contributed by atoms with Gasteiger partial charge in [0.05, 0.1) is 4.90 Å². The molecule has 1 aromatic rings.